The fourth-order valence-electron chi connectivity index (χ4n) is 4.73. The van der Waals surface area contributed by atoms with E-state index in [4.69, 9.17) is 10.7 Å². The third kappa shape index (κ3) is 4.44. The molecular weight excluding hydrogens is 420 g/mol. The highest BCUT2D eigenvalue weighted by Crippen LogP contribution is 2.44. The number of nitrogen functional groups attached to an aromatic ring is 1. The molecule has 0 spiro atoms. The molecule has 1 aromatic heterocycles. The fraction of sp³-hybridized carbons (Fsp3) is 0.367. The molecular formula is C30H36N2S. The van der Waals surface area contributed by atoms with E-state index in [-0.39, 0.29) is 10.8 Å². The maximum Gasteiger partial charge on any atom is 0.181 e. The van der Waals surface area contributed by atoms with Gasteiger partial charge in [0, 0.05) is 5.56 Å². The zero-order valence-corrected chi connectivity index (χ0v) is 22.3. The summed E-state index contributed by atoms with van der Waals surface area (Å²) in [6.45, 7) is 20.3. The Balaban J connectivity index is 2.14. The van der Waals surface area contributed by atoms with Crippen LogP contribution in [0.3, 0.4) is 0 Å². The summed E-state index contributed by atoms with van der Waals surface area (Å²) in [6, 6.07) is 16.1. The van der Waals surface area contributed by atoms with Crippen LogP contribution in [0.1, 0.15) is 69.4 Å². The molecule has 0 unspecified atom stereocenters. The number of aryl methyl sites for hydroxylation is 3. The van der Waals surface area contributed by atoms with Crippen LogP contribution in [0.5, 0.6) is 0 Å². The minimum absolute atomic E-state index is 0.0566. The molecule has 4 rings (SSSR count). The van der Waals surface area contributed by atoms with Crippen molar-refractivity contribution in [3.05, 3.63) is 70.3 Å². The number of aromatic nitrogens is 1. The number of nitrogens with zero attached hydrogens (tertiary/aromatic N) is 1. The summed E-state index contributed by atoms with van der Waals surface area (Å²) in [4.78, 5) is 4.82. The molecule has 0 aliphatic carbocycles. The molecule has 2 N–H and O–H groups in total. The lowest BCUT2D eigenvalue weighted by Crippen LogP contribution is -2.16. The number of nitrogens with two attached hydrogens (primary N) is 1. The zero-order chi connectivity index (χ0) is 24.3. The average molecular weight is 457 g/mol. The van der Waals surface area contributed by atoms with Gasteiger partial charge in [0.05, 0.1) is 10.2 Å². The molecule has 0 bridgehead atoms. The van der Waals surface area contributed by atoms with Crippen molar-refractivity contribution < 1.29 is 0 Å². The Hall–Kier alpha value is -2.65. The summed E-state index contributed by atoms with van der Waals surface area (Å²) in [7, 11) is 0. The van der Waals surface area contributed by atoms with Crippen LogP contribution in [0.4, 0.5) is 5.13 Å². The Kier molecular flexibility index (Phi) is 5.69. The molecule has 0 aliphatic heterocycles. The molecule has 0 aliphatic rings. The molecule has 0 saturated heterocycles. The summed E-state index contributed by atoms with van der Waals surface area (Å²) >= 11 is 1.56. The third-order valence-corrected chi connectivity index (χ3v) is 7.33. The second kappa shape index (κ2) is 7.99. The highest BCUT2D eigenvalue weighted by Gasteiger charge is 2.24. The lowest BCUT2D eigenvalue weighted by Gasteiger charge is -2.27. The molecule has 0 radical (unpaired) electrons. The number of hydrogen-bond donors (Lipinski definition) is 1. The van der Waals surface area contributed by atoms with Gasteiger partial charge in [-0.2, -0.15) is 0 Å². The second-order valence-corrected chi connectivity index (χ2v) is 12.5. The second-order valence-electron chi connectivity index (χ2n) is 11.5. The number of anilines is 1. The minimum Gasteiger partial charge on any atom is -0.375 e. The summed E-state index contributed by atoms with van der Waals surface area (Å²) < 4.78 is 1.13. The Morgan fingerprint density at radius 3 is 1.79 bits per heavy atom. The van der Waals surface area contributed by atoms with Crippen LogP contribution in [0, 0.1) is 20.8 Å². The number of thiazole rings is 1. The molecule has 2 nitrogen and oxygen atoms in total. The summed E-state index contributed by atoms with van der Waals surface area (Å²) in [6.07, 6.45) is 0. The van der Waals surface area contributed by atoms with Crippen LogP contribution < -0.4 is 5.73 Å². The van der Waals surface area contributed by atoms with Gasteiger partial charge in [-0.15, -0.1) is 0 Å². The molecule has 172 valence electrons. The molecule has 3 aromatic carbocycles. The van der Waals surface area contributed by atoms with E-state index >= 15 is 0 Å². The fourth-order valence-corrected chi connectivity index (χ4v) is 5.47. The SMILES string of the molecule is Cc1cc(C)c(-c2c(-c3cc(C(C)(C)C)cc(C(C)(C)C)c3)ccc3sc(N)nc23)c(C)c1. The molecule has 1 heterocycles. The Bertz CT molecular complexity index is 1310. The zero-order valence-electron chi connectivity index (χ0n) is 21.5. The van der Waals surface area contributed by atoms with Crippen molar-refractivity contribution in [2.75, 3.05) is 5.73 Å². The Morgan fingerprint density at radius 2 is 1.27 bits per heavy atom. The van der Waals surface area contributed by atoms with E-state index in [0.29, 0.717) is 5.13 Å². The average Bonchev–Trinajstić information content (AvgIpc) is 3.06. The van der Waals surface area contributed by atoms with Gasteiger partial charge in [0.1, 0.15) is 0 Å². The van der Waals surface area contributed by atoms with Gasteiger partial charge < -0.3 is 5.73 Å². The number of hydrogen-bond acceptors (Lipinski definition) is 3. The van der Waals surface area contributed by atoms with Crippen LogP contribution >= 0.6 is 11.3 Å². The van der Waals surface area contributed by atoms with Crippen molar-refractivity contribution in [2.45, 2.75) is 73.1 Å². The molecule has 3 heteroatoms. The van der Waals surface area contributed by atoms with E-state index in [1.807, 2.05) is 0 Å². The normalized spacial score (nSPS) is 12.5. The Labute approximate surface area is 202 Å². The van der Waals surface area contributed by atoms with E-state index < -0.39 is 0 Å². The van der Waals surface area contributed by atoms with Crippen molar-refractivity contribution in [3.8, 4) is 22.3 Å². The van der Waals surface area contributed by atoms with Gasteiger partial charge in [-0.05, 0) is 76.6 Å². The molecule has 0 saturated carbocycles. The van der Waals surface area contributed by atoms with Gasteiger partial charge >= 0.3 is 0 Å². The van der Waals surface area contributed by atoms with Crippen LogP contribution in [-0.2, 0) is 10.8 Å². The van der Waals surface area contributed by atoms with Gasteiger partial charge in [-0.1, -0.05) is 94.8 Å². The van der Waals surface area contributed by atoms with Gasteiger partial charge in [-0.3, -0.25) is 0 Å². The predicted molar refractivity (Wildman–Crippen MR) is 147 cm³/mol. The summed E-state index contributed by atoms with van der Waals surface area (Å²) in [5.41, 5.74) is 18.8. The highest BCUT2D eigenvalue weighted by molar-refractivity contribution is 7.22. The molecule has 0 amide bonds. The van der Waals surface area contributed by atoms with E-state index in [0.717, 1.165) is 10.2 Å². The maximum absolute atomic E-state index is 6.20. The smallest absolute Gasteiger partial charge is 0.181 e. The first-order valence-electron chi connectivity index (χ1n) is 11.7. The largest absolute Gasteiger partial charge is 0.375 e. The predicted octanol–water partition coefficient (Wildman–Crippen LogP) is 8.73. The van der Waals surface area contributed by atoms with Crippen LogP contribution in [0.2, 0.25) is 0 Å². The van der Waals surface area contributed by atoms with Crippen molar-refractivity contribution in [1.29, 1.82) is 0 Å². The number of benzene rings is 3. The van der Waals surface area contributed by atoms with Crippen LogP contribution in [0.25, 0.3) is 32.5 Å². The van der Waals surface area contributed by atoms with E-state index in [1.165, 1.54) is 50.1 Å². The van der Waals surface area contributed by atoms with E-state index in [1.54, 1.807) is 11.3 Å². The first-order valence-corrected chi connectivity index (χ1v) is 12.5. The van der Waals surface area contributed by atoms with Crippen molar-refractivity contribution in [3.63, 3.8) is 0 Å². The monoisotopic (exact) mass is 456 g/mol. The Morgan fingerprint density at radius 1 is 0.727 bits per heavy atom. The number of rotatable bonds is 2. The summed E-state index contributed by atoms with van der Waals surface area (Å²) in [5.74, 6) is 0. The molecule has 0 fully saturated rings. The molecule has 0 atom stereocenters. The summed E-state index contributed by atoms with van der Waals surface area (Å²) in [5, 5.41) is 0.615. The van der Waals surface area contributed by atoms with Crippen LogP contribution in [0.15, 0.2) is 42.5 Å². The van der Waals surface area contributed by atoms with Crippen molar-refractivity contribution in [2.24, 2.45) is 0 Å². The molecule has 4 aromatic rings. The van der Waals surface area contributed by atoms with Gasteiger partial charge in [0.25, 0.3) is 0 Å². The van der Waals surface area contributed by atoms with Gasteiger partial charge in [0.2, 0.25) is 0 Å². The van der Waals surface area contributed by atoms with Crippen molar-refractivity contribution >= 4 is 26.7 Å². The first kappa shape index (κ1) is 23.5. The van der Waals surface area contributed by atoms with Crippen molar-refractivity contribution in [1.82, 2.24) is 4.98 Å². The third-order valence-electron chi connectivity index (χ3n) is 6.48. The molecule has 33 heavy (non-hydrogen) atoms. The van der Waals surface area contributed by atoms with E-state index in [9.17, 15) is 0 Å². The van der Waals surface area contributed by atoms with E-state index in [2.05, 4.69) is 105 Å². The topological polar surface area (TPSA) is 38.9 Å². The van der Waals surface area contributed by atoms with Crippen LogP contribution in [-0.4, -0.2) is 4.98 Å². The first-order chi connectivity index (χ1) is 15.3. The minimum atomic E-state index is 0.0566. The van der Waals surface area contributed by atoms with Gasteiger partial charge in [0.15, 0.2) is 5.13 Å². The highest BCUT2D eigenvalue weighted by atomic mass is 32.1. The quantitative estimate of drug-likeness (QED) is 0.327. The maximum atomic E-state index is 6.20. The van der Waals surface area contributed by atoms with Gasteiger partial charge in [-0.25, -0.2) is 4.98 Å². The lowest BCUT2D eigenvalue weighted by molar-refractivity contribution is 0.569. The number of fused-ring (bicyclic) bond motifs is 1. The standard InChI is InChI=1S/C30H36N2S/c1-17-12-18(2)25(19(3)13-17)26-23(10-11-24-27(26)32-28(31)33-24)20-14-21(29(4,5)6)16-22(15-20)30(7,8)9/h10-16H,1-9H3,(H2,31,32). The lowest BCUT2D eigenvalue weighted by atomic mass is 9.78.